The van der Waals surface area contributed by atoms with E-state index >= 15 is 0 Å². The van der Waals surface area contributed by atoms with Crippen molar-refractivity contribution in [3.63, 3.8) is 0 Å². The van der Waals surface area contributed by atoms with E-state index < -0.39 is 0 Å². The molecule has 0 saturated carbocycles. The van der Waals surface area contributed by atoms with Gasteiger partial charge in [0.2, 0.25) is 0 Å². The predicted octanol–water partition coefficient (Wildman–Crippen LogP) is 11.6. The number of nitrogens with zero attached hydrogens (tertiary/aromatic N) is 4. The highest BCUT2D eigenvalue weighted by molar-refractivity contribution is 6.21. The van der Waals surface area contributed by atoms with Crippen molar-refractivity contribution in [2.24, 2.45) is 0 Å². The summed E-state index contributed by atoms with van der Waals surface area (Å²) in [6, 6.07) is 60.9. The molecule has 0 amide bonds. The van der Waals surface area contributed by atoms with E-state index in [2.05, 4.69) is 109 Å². The quantitative estimate of drug-likeness (QED) is 0.170. The second kappa shape index (κ2) is 12.7. The third kappa shape index (κ3) is 5.39. The summed E-state index contributed by atoms with van der Waals surface area (Å²) in [5.41, 5.74) is 9.43. The summed E-state index contributed by atoms with van der Waals surface area (Å²) < 4.78 is 0. The van der Waals surface area contributed by atoms with E-state index in [0.717, 1.165) is 44.6 Å². The van der Waals surface area contributed by atoms with Crippen LogP contribution in [0.5, 0.6) is 0 Å². The average Bonchev–Trinajstić information content (AvgIpc) is 3.21. The third-order valence-corrected chi connectivity index (χ3v) is 9.16. The normalized spacial score (nSPS) is 11.2. The Morgan fingerprint density at radius 2 is 0.780 bits per heavy atom. The van der Waals surface area contributed by atoms with E-state index in [4.69, 9.17) is 19.9 Å². The maximum absolute atomic E-state index is 4.99. The maximum Gasteiger partial charge on any atom is 0.164 e. The van der Waals surface area contributed by atoms with Crippen LogP contribution in [-0.2, 0) is 0 Å². The Labute approximate surface area is 290 Å². The predicted molar refractivity (Wildman–Crippen MR) is 205 cm³/mol. The summed E-state index contributed by atoms with van der Waals surface area (Å²) in [6.45, 7) is 0. The molecular formula is C46H30N4. The van der Waals surface area contributed by atoms with Gasteiger partial charge < -0.3 is 0 Å². The number of aromatic nitrogens is 4. The first-order valence-electron chi connectivity index (χ1n) is 16.7. The third-order valence-electron chi connectivity index (χ3n) is 9.16. The minimum absolute atomic E-state index is 0.633. The van der Waals surface area contributed by atoms with Crippen LogP contribution < -0.4 is 0 Å². The van der Waals surface area contributed by atoms with Crippen LogP contribution >= 0.6 is 0 Å². The highest BCUT2D eigenvalue weighted by Crippen LogP contribution is 2.45. The number of hydrogen-bond donors (Lipinski definition) is 0. The molecule has 4 heteroatoms. The lowest BCUT2D eigenvalue weighted by molar-refractivity contribution is 1.07. The van der Waals surface area contributed by atoms with Gasteiger partial charge in [0.1, 0.15) is 0 Å². The van der Waals surface area contributed by atoms with Crippen LogP contribution in [0.3, 0.4) is 0 Å². The molecule has 2 aromatic heterocycles. The fourth-order valence-corrected chi connectivity index (χ4v) is 6.83. The molecule has 50 heavy (non-hydrogen) atoms. The topological polar surface area (TPSA) is 51.6 Å². The van der Waals surface area contributed by atoms with Crippen molar-refractivity contribution >= 4 is 21.5 Å². The van der Waals surface area contributed by atoms with Crippen LogP contribution in [0.2, 0.25) is 0 Å². The van der Waals surface area contributed by atoms with Crippen LogP contribution in [0.25, 0.3) is 89.2 Å². The Bertz CT molecular complexity index is 2560. The Hall–Kier alpha value is -6.78. The minimum atomic E-state index is 0.633. The monoisotopic (exact) mass is 638 g/mol. The summed E-state index contributed by atoms with van der Waals surface area (Å²) >= 11 is 0. The van der Waals surface area contributed by atoms with Gasteiger partial charge >= 0.3 is 0 Å². The minimum Gasteiger partial charge on any atom is -0.256 e. The summed E-state index contributed by atoms with van der Waals surface area (Å²) in [6.07, 6.45) is 1.87. The molecule has 4 nitrogen and oxygen atoms in total. The molecule has 9 rings (SSSR count). The van der Waals surface area contributed by atoms with E-state index in [-0.39, 0.29) is 0 Å². The Kier molecular flexibility index (Phi) is 7.45. The molecule has 0 N–H and O–H groups in total. The lowest BCUT2D eigenvalue weighted by Gasteiger charge is -2.19. The number of benzene rings is 7. The fraction of sp³-hybridized carbons (Fsp3) is 0. The van der Waals surface area contributed by atoms with E-state index in [0.29, 0.717) is 17.5 Å². The van der Waals surface area contributed by atoms with E-state index in [1.807, 2.05) is 72.9 Å². The average molecular weight is 639 g/mol. The standard InChI is InChI=1S/C46H30N4/c1-4-15-31(16-5-1)42-40-30-35(26-27-38(40)37-23-10-11-24-39(37)43(42)41-25-12-13-28-47-41)34-21-14-22-36(29-34)46-49-44(32-17-6-2-7-18-32)48-45(50-46)33-19-8-3-9-20-33/h1-30H. The summed E-state index contributed by atoms with van der Waals surface area (Å²) in [7, 11) is 0. The molecule has 7 aromatic carbocycles. The largest absolute Gasteiger partial charge is 0.256 e. The Balaban J connectivity index is 1.25. The molecular weight excluding hydrogens is 609 g/mol. The van der Waals surface area contributed by atoms with Crippen molar-refractivity contribution in [3.8, 4) is 67.7 Å². The molecule has 0 aliphatic rings. The van der Waals surface area contributed by atoms with Crippen molar-refractivity contribution in [3.05, 3.63) is 182 Å². The van der Waals surface area contributed by atoms with Crippen molar-refractivity contribution in [1.29, 1.82) is 0 Å². The van der Waals surface area contributed by atoms with Crippen molar-refractivity contribution < 1.29 is 0 Å². The molecule has 0 aliphatic carbocycles. The van der Waals surface area contributed by atoms with Gasteiger partial charge in [0.05, 0.1) is 5.69 Å². The molecule has 234 valence electrons. The van der Waals surface area contributed by atoms with Crippen LogP contribution in [0.15, 0.2) is 182 Å². The molecule has 9 aromatic rings. The fourth-order valence-electron chi connectivity index (χ4n) is 6.83. The molecule has 2 heterocycles. The van der Waals surface area contributed by atoms with Gasteiger partial charge in [-0.2, -0.15) is 0 Å². The number of fused-ring (bicyclic) bond motifs is 3. The first-order valence-corrected chi connectivity index (χ1v) is 16.7. The highest BCUT2D eigenvalue weighted by atomic mass is 15.0. The maximum atomic E-state index is 4.99. The second-order valence-electron chi connectivity index (χ2n) is 12.3. The van der Waals surface area contributed by atoms with Gasteiger partial charge in [-0.1, -0.05) is 152 Å². The van der Waals surface area contributed by atoms with E-state index in [9.17, 15) is 0 Å². The Morgan fingerprint density at radius 3 is 1.42 bits per heavy atom. The van der Waals surface area contributed by atoms with Gasteiger partial charge in [0.25, 0.3) is 0 Å². The zero-order valence-corrected chi connectivity index (χ0v) is 27.1. The molecule has 0 spiro atoms. The Morgan fingerprint density at radius 1 is 0.280 bits per heavy atom. The summed E-state index contributed by atoms with van der Waals surface area (Å²) in [5, 5.41) is 4.77. The zero-order valence-electron chi connectivity index (χ0n) is 27.1. The molecule has 0 atom stereocenters. The smallest absolute Gasteiger partial charge is 0.164 e. The number of pyridine rings is 1. The van der Waals surface area contributed by atoms with Gasteiger partial charge in [-0.15, -0.1) is 0 Å². The van der Waals surface area contributed by atoms with Crippen LogP contribution in [0.1, 0.15) is 0 Å². The van der Waals surface area contributed by atoms with Crippen molar-refractivity contribution in [1.82, 2.24) is 19.9 Å². The number of rotatable bonds is 6. The highest BCUT2D eigenvalue weighted by Gasteiger charge is 2.19. The zero-order chi connectivity index (χ0) is 33.3. The SMILES string of the molecule is c1ccc(-c2nc(-c3ccccc3)nc(-c3cccc(-c4ccc5c(c4)c(-c4ccccc4)c(-c4ccccn4)c4ccccc45)c3)n2)cc1. The molecule has 0 unspecified atom stereocenters. The van der Waals surface area contributed by atoms with Gasteiger partial charge in [-0.25, -0.2) is 15.0 Å². The van der Waals surface area contributed by atoms with E-state index in [1.54, 1.807) is 0 Å². The molecule has 0 aliphatic heterocycles. The van der Waals surface area contributed by atoms with Crippen molar-refractivity contribution in [2.75, 3.05) is 0 Å². The van der Waals surface area contributed by atoms with Crippen LogP contribution in [0.4, 0.5) is 0 Å². The first-order chi connectivity index (χ1) is 24.8. The van der Waals surface area contributed by atoms with Gasteiger partial charge in [-0.3, -0.25) is 4.98 Å². The van der Waals surface area contributed by atoms with Crippen LogP contribution in [-0.4, -0.2) is 19.9 Å². The molecule has 0 radical (unpaired) electrons. The van der Waals surface area contributed by atoms with E-state index in [1.165, 1.54) is 27.1 Å². The number of hydrogen-bond acceptors (Lipinski definition) is 4. The van der Waals surface area contributed by atoms with Gasteiger partial charge in [0, 0.05) is 28.5 Å². The van der Waals surface area contributed by atoms with Crippen LogP contribution in [0, 0.1) is 0 Å². The summed E-state index contributed by atoms with van der Waals surface area (Å²) in [5.74, 6) is 1.92. The molecule has 0 saturated heterocycles. The van der Waals surface area contributed by atoms with Crippen molar-refractivity contribution in [2.45, 2.75) is 0 Å². The first kappa shape index (κ1) is 29.4. The summed E-state index contributed by atoms with van der Waals surface area (Å²) in [4.78, 5) is 19.7. The van der Waals surface area contributed by atoms with Gasteiger partial charge in [0.15, 0.2) is 17.5 Å². The molecule has 0 fully saturated rings. The second-order valence-corrected chi connectivity index (χ2v) is 12.3. The lowest BCUT2D eigenvalue weighted by atomic mass is 9.85. The molecule has 0 bridgehead atoms. The lowest BCUT2D eigenvalue weighted by Crippen LogP contribution is -2.00. The van der Waals surface area contributed by atoms with Gasteiger partial charge in [-0.05, 0) is 68.1 Å².